The highest BCUT2D eigenvalue weighted by molar-refractivity contribution is 7.46. The van der Waals surface area contributed by atoms with Crippen LogP contribution in [0.2, 0.25) is 0 Å². The van der Waals surface area contributed by atoms with E-state index in [1.165, 1.54) is 51.4 Å². The quantitative estimate of drug-likeness (QED) is 0.0256. The van der Waals surface area contributed by atoms with Crippen molar-refractivity contribution in [3.05, 3.63) is 36.5 Å². The minimum atomic E-state index is -4.76. The first kappa shape index (κ1) is 41.3. The molecule has 9 nitrogen and oxygen atoms in total. The maximum Gasteiger partial charge on any atom is 0.469 e. The predicted molar refractivity (Wildman–Crippen MR) is 179 cm³/mol. The van der Waals surface area contributed by atoms with Gasteiger partial charge in [0.25, 0.3) is 0 Å². The van der Waals surface area contributed by atoms with Gasteiger partial charge in [-0.2, -0.15) is 0 Å². The molecule has 0 aromatic rings. The molecule has 0 bridgehead atoms. The number of carbonyl (C=O) groups is 2. The molecule has 45 heavy (non-hydrogen) atoms. The van der Waals surface area contributed by atoms with Crippen molar-refractivity contribution >= 4 is 19.8 Å². The Morgan fingerprint density at radius 2 is 1.22 bits per heavy atom. The molecule has 1 saturated heterocycles. The molecule has 0 aromatic heterocycles. The third-order valence-corrected chi connectivity index (χ3v) is 8.05. The fraction of sp³-hybridized carbons (Fsp3) is 0.771. The second kappa shape index (κ2) is 27.4. The molecule has 0 spiro atoms. The average Bonchev–Trinajstić information content (AvgIpc) is 3.76. The van der Waals surface area contributed by atoms with Gasteiger partial charge in [0, 0.05) is 12.8 Å². The highest BCUT2D eigenvalue weighted by atomic mass is 31.2. The molecular weight excluding hydrogens is 595 g/mol. The average molecular weight is 657 g/mol. The lowest BCUT2D eigenvalue weighted by Crippen LogP contribution is -2.29. The highest BCUT2D eigenvalue weighted by Gasteiger charge is 2.35. The van der Waals surface area contributed by atoms with Gasteiger partial charge in [-0.05, 0) is 51.4 Å². The van der Waals surface area contributed by atoms with Gasteiger partial charge in [-0.3, -0.25) is 14.1 Å². The molecule has 2 N–H and O–H groups in total. The smallest absolute Gasteiger partial charge is 0.462 e. The number of esters is 2. The summed E-state index contributed by atoms with van der Waals surface area (Å²) in [6, 6.07) is 0. The molecule has 0 radical (unpaired) electrons. The number of phosphoric acid groups is 1. The van der Waals surface area contributed by atoms with Crippen LogP contribution in [0.3, 0.4) is 0 Å². The Hall–Kier alpha value is -1.77. The third-order valence-electron chi connectivity index (χ3n) is 7.56. The van der Waals surface area contributed by atoms with Crippen molar-refractivity contribution in [1.82, 2.24) is 0 Å². The van der Waals surface area contributed by atoms with E-state index in [1.807, 2.05) is 6.08 Å². The molecule has 1 aliphatic rings. The molecule has 1 rings (SSSR count). The topological polar surface area (TPSA) is 132 Å². The summed E-state index contributed by atoms with van der Waals surface area (Å²) in [5.74, 6) is -0.962. The summed E-state index contributed by atoms with van der Waals surface area (Å²) in [7, 11) is -4.76. The molecule has 2 unspecified atom stereocenters. The highest BCUT2D eigenvalue weighted by Crippen LogP contribution is 2.36. The number of hydrogen-bond donors (Lipinski definition) is 2. The van der Waals surface area contributed by atoms with Crippen LogP contribution < -0.4 is 0 Å². The first-order chi connectivity index (χ1) is 21.7. The van der Waals surface area contributed by atoms with E-state index < -0.39 is 32.5 Å². The van der Waals surface area contributed by atoms with Gasteiger partial charge >= 0.3 is 19.8 Å². The normalized spacial score (nSPS) is 17.4. The van der Waals surface area contributed by atoms with Crippen LogP contribution in [0.5, 0.6) is 0 Å². The van der Waals surface area contributed by atoms with Crippen molar-refractivity contribution < 1.29 is 42.7 Å². The number of hydrogen-bond acceptors (Lipinski definition) is 7. The lowest BCUT2D eigenvalue weighted by atomic mass is 10.1. The number of unbranched alkanes of at least 4 members (excludes halogenated alkanes) is 12. The summed E-state index contributed by atoms with van der Waals surface area (Å²) >= 11 is 0. The van der Waals surface area contributed by atoms with Crippen LogP contribution in [0.1, 0.15) is 142 Å². The lowest BCUT2D eigenvalue weighted by molar-refractivity contribution is -0.161. The largest absolute Gasteiger partial charge is 0.469 e. The second-order valence-corrected chi connectivity index (χ2v) is 13.1. The molecule has 1 aliphatic heterocycles. The molecule has 0 aromatic carbocycles. The van der Waals surface area contributed by atoms with Crippen LogP contribution in [-0.4, -0.2) is 53.3 Å². The van der Waals surface area contributed by atoms with E-state index in [-0.39, 0.29) is 19.4 Å². The second-order valence-electron chi connectivity index (χ2n) is 11.9. The summed E-state index contributed by atoms with van der Waals surface area (Å²) in [6.45, 7) is 3.54. The van der Waals surface area contributed by atoms with E-state index >= 15 is 0 Å². The van der Waals surface area contributed by atoms with Gasteiger partial charge in [-0.15, -0.1) is 0 Å². The first-order valence-electron chi connectivity index (χ1n) is 17.4. The van der Waals surface area contributed by atoms with Crippen molar-refractivity contribution in [3.8, 4) is 0 Å². The van der Waals surface area contributed by atoms with Crippen molar-refractivity contribution in [2.75, 3.05) is 13.2 Å². The number of phosphoric ester groups is 1. The SMILES string of the molecule is CCCCC/C=C\CC1OC1C/C=C\C/C=C\CCCC(=O)OC[C@H](COP(=O)(O)O)OC(=O)CCCCCCCCCCC. The number of ether oxygens (including phenoxy) is 3. The molecule has 0 saturated carbocycles. The third kappa shape index (κ3) is 27.1. The molecule has 0 amide bonds. The van der Waals surface area contributed by atoms with Crippen molar-refractivity contribution in [3.63, 3.8) is 0 Å². The van der Waals surface area contributed by atoms with Gasteiger partial charge in [0.2, 0.25) is 0 Å². The van der Waals surface area contributed by atoms with Gasteiger partial charge in [0.15, 0.2) is 6.10 Å². The maximum atomic E-state index is 12.3. The summed E-state index contributed by atoms with van der Waals surface area (Å²) in [6.07, 6.45) is 32.0. The van der Waals surface area contributed by atoms with Gasteiger partial charge < -0.3 is 24.0 Å². The molecule has 0 aliphatic carbocycles. The van der Waals surface area contributed by atoms with E-state index in [9.17, 15) is 14.2 Å². The summed E-state index contributed by atoms with van der Waals surface area (Å²) in [4.78, 5) is 42.5. The summed E-state index contributed by atoms with van der Waals surface area (Å²) in [5, 5.41) is 0. The Bertz CT molecular complexity index is 896. The maximum absolute atomic E-state index is 12.3. The van der Waals surface area contributed by atoms with E-state index in [0.29, 0.717) is 25.0 Å². The van der Waals surface area contributed by atoms with Crippen LogP contribution in [0.15, 0.2) is 36.5 Å². The van der Waals surface area contributed by atoms with Crippen molar-refractivity contribution in [2.24, 2.45) is 0 Å². The molecule has 260 valence electrons. The van der Waals surface area contributed by atoms with Gasteiger partial charge in [-0.1, -0.05) is 115 Å². The fourth-order valence-corrected chi connectivity index (χ4v) is 5.18. The fourth-order valence-electron chi connectivity index (χ4n) is 4.82. The number of carbonyl (C=O) groups excluding carboxylic acids is 2. The molecule has 3 atom stereocenters. The van der Waals surface area contributed by atoms with Gasteiger partial charge in [0.05, 0.1) is 18.8 Å². The van der Waals surface area contributed by atoms with Crippen LogP contribution in [0.4, 0.5) is 0 Å². The zero-order chi connectivity index (χ0) is 33.0. The first-order valence-corrected chi connectivity index (χ1v) is 18.9. The Morgan fingerprint density at radius 1 is 0.689 bits per heavy atom. The van der Waals surface area contributed by atoms with Crippen LogP contribution in [0.25, 0.3) is 0 Å². The van der Waals surface area contributed by atoms with Crippen LogP contribution in [-0.2, 0) is 32.9 Å². The van der Waals surface area contributed by atoms with Gasteiger partial charge in [0.1, 0.15) is 6.61 Å². The van der Waals surface area contributed by atoms with E-state index in [1.54, 1.807) is 0 Å². The monoisotopic (exact) mass is 656 g/mol. The zero-order valence-electron chi connectivity index (χ0n) is 28.0. The summed E-state index contributed by atoms with van der Waals surface area (Å²) in [5.41, 5.74) is 0. The van der Waals surface area contributed by atoms with Gasteiger partial charge in [-0.25, -0.2) is 4.57 Å². The molecule has 1 heterocycles. The van der Waals surface area contributed by atoms with Crippen molar-refractivity contribution in [1.29, 1.82) is 0 Å². The van der Waals surface area contributed by atoms with E-state index in [2.05, 4.69) is 48.8 Å². The molecule has 10 heteroatoms. The number of rotatable bonds is 30. The Kier molecular flexibility index (Phi) is 25.1. The standard InChI is InChI=1S/C35H61O9P/c1-3-5-7-9-11-12-15-20-24-28-35(37)43-31(30-42-45(38,39)40)29-41-34(36)27-23-19-16-13-14-18-22-26-33-32(44-33)25-21-17-10-8-6-4-2/h13,16-18,21-22,31-33H,3-12,14-15,19-20,23-30H2,1-2H3,(H2,38,39,40)/b16-13-,21-17-,22-18-/t31-,32?,33?/m1/s1. The predicted octanol–water partition coefficient (Wildman–Crippen LogP) is 8.83. The Morgan fingerprint density at radius 3 is 1.89 bits per heavy atom. The van der Waals surface area contributed by atoms with Crippen molar-refractivity contribution in [2.45, 2.75) is 161 Å². The number of epoxide rings is 1. The number of allylic oxidation sites excluding steroid dienone is 4. The molecular formula is C35H61O9P. The lowest BCUT2D eigenvalue weighted by Gasteiger charge is -2.18. The zero-order valence-corrected chi connectivity index (χ0v) is 28.8. The Balaban J connectivity index is 2.16. The van der Waals surface area contributed by atoms with E-state index in [4.69, 9.17) is 24.0 Å². The molecule has 1 fully saturated rings. The minimum absolute atomic E-state index is 0.187. The summed E-state index contributed by atoms with van der Waals surface area (Å²) < 4.78 is 31.9. The van der Waals surface area contributed by atoms with Crippen LogP contribution >= 0.6 is 7.82 Å². The minimum Gasteiger partial charge on any atom is -0.462 e. The Labute approximate surface area is 272 Å². The van der Waals surface area contributed by atoms with E-state index in [0.717, 1.165) is 51.4 Å². The van der Waals surface area contributed by atoms with Crippen LogP contribution in [0, 0.1) is 0 Å².